The van der Waals surface area contributed by atoms with Crippen molar-refractivity contribution in [3.8, 4) is 17.1 Å². The molecule has 0 spiro atoms. The quantitative estimate of drug-likeness (QED) is 0.581. The van der Waals surface area contributed by atoms with Crippen molar-refractivity contribution in [2.45, 2.75) is 25.4 Å². The molecule has 1 aromatic carbocycles. The fraction of sp³-hybridized carbons (Fsp3) is 0.500. The van der Waals surface area contributed by atoms with Crippen molar-refractivity contribution in [3.05, 3.63) is 36.0 Å². The molecule has 1 aliphatic rings. The molecular formula is C22H29N3O6. The van der Waals surface area contributed by atoms with Crippen LogP contribution in [0, 0.1) is 0 Å². The van der Waals surface area contributed by atoms with Gasteiger partial charge in [0.1, 0.15) is 5.75 Å². The van der Waals surface area contributed by atoms with Crippen molar-refractivity contribution in [1.82, 2.24) is 15.4 Å². The second-order valence-corrected chi connectivity index (χ2v) is 7.28. The molecule has 168 valence electrons. The molecule has 1 N–H and O–H groups in total. The lowest BCUT2D eigenvalue weighted by atomic mass is 10.1. The highest BCUT2D eigenvalue weighted by Gasteiger charge is 2.22. The summed E-state index contributed by atoms with van der Waals surface area (Å²) in [6, 6.07) is 8.89. The van der Waals surface area contributed by atoms with Crippen LogP contribution in [0.2, 0.25) is 0 Å². The van der Waals surface area contributed by atoms with Crippen molar-refractivity contribution in [2.24, 2.45) is 0 Å². The average molecular weight is 431 g/mol. The number of methoxy groups -OCH3 is 2. The van der Waals surface area contributed by atoms with Crippen LogP contribution in [0.3, 0.4) is 0 Å². The van der Waals surface area contributed by atoms with E-state index in [1.165, 1.54) is 0 Å². The first-order valence-corrected chi connectivity index (χ1v) is 10.4. The lowest BCUT2D eigenvalue weighted by Gasteiger charge is -2.21. The molecule has 0 radical (unpaired) electrons. The van der Waals surface area contributed by atoms with Gasteiger partial charge in [0.25, 0.3) is 5.91 Å². The molecule has 0 aliphatic carbocycles. The first-order valence-electron chi connectivity index (χ1n) is 10.4. The third kappa shape index (κ3) is 6.53. The fourth-order valence-electron chi connectivity index (χ4n) is 3.32. The van der Waals surface area contributed by atoms with Gasteiger partial charge >= 0.3 is 0 Å². The molecule has 9 nitrogen and oxygen atoms in total. The molecule has 1 fully saturated rings. The predicted molar refractivity (Wildman–Crippen MR) is 113 cm³/mol. The Morgan fingerprint density at radius 3 is 2.87 bits per heavy atom. The number of amides is 2. The maximum atomic E-state index is 13.0. The number of hydrogen-bond donors (Lipinski definition) is 1. The highest BCUT2D eigenvalue weighted by atomic mass is 16.5. The Hall–Kier alpha value is -2.91. The Balaban J connectivity index is 1.59. The molecule has 0 bridgehead atoms. The zero-order valence-corrected chi connectivity index (χ0v) is 18.0. The summed E-state index contributed by atoms with van der Waals surface area (Å²) in [6.45, 7) is 2.19. The van der Waals surface area contributed by atoms with Gasteiger partial charge in [-0.25, -0.2) is 0 Å². The largest absolute Gasteiger partial charge is 0.497 e. The first-order chi connectivity index (χ1) is 15.1. The van der Waals surface area contributed by atoms with E-state index in [1.807, 2.05) is 18.2 Å². The number of nitrogens with zero attached hydrogens (tertiary/aromatic N) is 2. The first kappa shape index (κ1) is 22.8. The average Bonchev–Trinajstić information content (AvgIpc) is 3.50. The van der Waals surface area contributed by atoms with E-state index in [0.717, 1.165) is 25.0 Å². The summed E-state index contributed by atoms with van der Waals surface area (Å²) in [5.41, 5.74) is 0.927. The number of aromatic nitrogens is 1. The van der Waals surface area contributed by atoms with Gasteiger partial charge in [-0.15, -0.1) is 0 Å². The molecule has 1 saturated heterocycles. The van der Waals surface area contributed by atoms with Gasteiger partial charge < -0.3 is 29.0 Å². The summed E-state index contributed by atoms with van der Waals surface area (Å²) < 4.78 is 21.2. The Kier molecular flexibility index (Phi) is 8.43. The van der Waals surface area contributed by atoms with Gasteiger partial charge in [0.2, 0.25) is 5.91 Å². The third-order valence-electron chi connectivity index (χ3n) is 5.10. The van der Waals surface area contributed by atoms with Crippen LogP contribution >= 0.6 is 0 Å². The van der Waals surface area contributed by atoms with Crippen molar-refractivity contribution in [3.63, 3.8) is 0 Å². The van der Waals surface area contributed by atoms with E-state index < -0.39 is 0 Å². The van der Waals surface area contributed by atoms with Gasteiger partial charge in [0.15, 0.2) is 11.5 Å². The van der Waals surface area contributed by atoms with Crippen molar-refractivity contribution in [2.75, 3.05) is 47.1 Å². The van der Waals surface area contributed by atoms with E-state index in [4.69, 9.17) is 18.7 Å². The minimum absolute atomic E-state index is 0.0836. The zero-order chi connectivity index (χ0) is 22.1. The van der Waals surface area contributed by atoms with Gasteiger partial charge in [0.05, 0.1) is 19.8 Å². The Bertz CT molecular complexity index is 862. The summed E-state index contributed by atoms with van der Waals surface area (Å²) in [4.78, 5) is 26.7. The SMILES string of the molecule is COCCN(CCC(=O)NC[C@@H]1CCCO1)C(=O)c1cc(-c2cccc(OC)c2)on1. The van der Waals surface area contributed by atoms with Gasteiger partial charge in [-0.1, -0.05) is 17.3 Å². The number of nitrogens with one attached hydrogen (secondary N) is 1. The van der Waals surface area contributed by atoms with Crippen LogP contribution < -0.4 is 10.1 Å². The van der Waals surface area contributed by atoms with E-state index in [1.54, 1.807) is 31.3 Å². The summed E-state index contributed by atoms with van der Waals surface area (Å²) in [7, 11) is 3.15. The predicted octanol–water partition coefficient (Wildman–Crippen LogP) is 2.12. The second kappa shape index (κ2) is 11.5. The molecule has 31 heavy (non-hydrogen) atoms. The highest BCUT2D eigenvalue weighted by molar-refractivity contribution is 5.93. The molecule has 1 aromatic heterocycles. The topological polar surface area (TPSA) is 103 Å². The number of carbonyl (C=O) groups is 2. The van der Waals surface area contributed by atoms with E-state index in [9.17, 15) is 9.59 Å². The number of hydrogen-bond acceptors (Lipinski definition) is 7. The number of ether oxygens (including phenoxy) is 3. The lowest BCUT2D eigenvalue weighted by molar-refractivity contribution is -0.121. The summed E-state index contributed by atoms with van der Waals surface area (Å²) in [6.07, 6.45) is 2.25. The second-order valence-electron chi connectivity index (χ2n) is 7.28. The van der Waals surface area contributed by atoms with Gasteiger partial charge in [-0.3, -0.25) is 9.59 Å². The van der Waals surface area contributed by atoms with Crippen molar-refractivity contribution >= 4 is 11.8 Å². The van der Waals surface area contributed by atoms with Crippen LogP contribution in [0.15, 0.2) is 34.9 Å². The number of benzene rings is 1. The fourth-order valence-corrected chi connectivity index (χ4v) is 3.32. The van der Waals surface area contributed by atoms with Crippen LogP contribution in [0.1, 0.15) is 29.8 Å². The molecule has 2 amide bonds. The minimum atomic E-state index is -0.318. The highest BCUT2D eigenvalue weighted by Crippen LogP contribution is 2.24. The minimum Gasteiger partial charge on any atom is -0.497 e. The molecule has 1 atom stereocenters. The van der Waals surface area contributed by atoms with Crippen LogP contribution in [0.25, 0.3) is 11.3 Å². The van der Waals surface area contributed by atoms with Crippen LogP contribution in [0.4, 0.5) is 0 Å². The van der Waals surface area contributed by atoms with Gasteiger partial charge in [0, 0.05) is 51.4 Å². The van der Waals surface area contributed by atoms with Crippen LogP contribution in [-0.4, -0.2) is 75.0 Å². The van der Waals surface area contributed by atoms with Crippen molar-refractivity contribution < 1.29 is 28.3 Å². The Morgan fingerprint density at radius 2 is 2.13 bits per heavy atom. The standard InChI is InChI=1S/C22H29N3O6/c1-28-12-10-25(9-8-21(26)23-15-18-7-4-11-30-18)22(27)19-14-20(31-24-19)16-5-3-6-17(13-16)29-2/h3,5-6,13-14,18H,4,7-12,15H2,1-2H3,(H,23,26)/t18-/m0/s1. The molecule has 9 heteroatoms. The van der Waals surface area contributed by atoms with Crippen molar-refractivity contribution in [1.29, 1.82) is 0 Å². The summed E-state index contributed by atoms with van der Waals surface area (Å²) >= 11 is 0. The third-order valence-corrected chi connectivity index (χ3v) is 5.10. The van der Waals surface area contributed by atoms with Crippen LogP contribution in [-0.2, 0) is 14.3 Å². The molecule has 0 unspecified atom stereocenters. The monoisotopic (exact) mass is 431 g/mol. The van der Waals surface area contributed by atoms with Crippen LogP contribution in [0.5, 0.6) is 5.75 Å². The maximum absolute atomic E-state index is 13.0. The molecule has 2 heterocycles. The Morgan fingerprint density at radius 1 is 1.26 bits per heavy atom. The molecule has 3 rings (SSSR count). The van der Waals surface area contributed by atoms with E-state index in [2.05, 4.69) is 10.5 Å². The molecule has 2 aromatic rings. The molecule has 1 aliphatic heterocycles. The summed E-state index contributed by atoms with van der Waals surface area (Å²) in [5.74, 6) is 0.700. The smallest absolute Gasteiger partial charge is 0.276 e. The normalized spacial score (nSPS) is 15.6. The maximum Gasteiger partial charge on any atom is 0.276 e. The van der Waals surface area contributed by atoms with Gasteiger partial charge in [-0.2, -0.15) is 0 Å². The number of carbonyl (C=O) groups excluding carboxylic acids is 2. The Labute approximate surface area is 181 Å². The van der Waals surface area contributed by atoms with E-state index >= 15 is 0 Å². The number of rotatable bonds is 11. The van der Waals surface area contributed by atoms with Gasteiger partial charge in [-0.05, 0) is 25.0 Å². The summed E-state index contributed by atoms with van der Waals surface area (Å²) in [5, 5.41) is 6.80. The molecule has 0 saturated carbocycles. The van der Waals surface area contributed by atoms with E-state index in [-0.39, 0.29) is 36.6 Å². The lowest BCUT2D eigenvalue weighted by Crippen LogP contribution is -2.38. The molecular weight excluding hydrogens is 402 g/mol. The van der Waals surface area contributed by atoms with E-state index in [0.29, 0.717) is 31.2 Å². The zero-order valence-electron chi connectivity index (χ0n) is 18.0.